The van der Waals surface area contributed by atoms with Crippen molar-refractivity contribution < 1.29 is 19.4 Å². The van der Waals surface area contributed by atoms with Crippen LogP contribution in [-0.2, 0) is 22.6 Å². The Morgan fingerprint density at radius 1 is 0.837 bits per heavy atom. The number of likely N-dealkylation sites (tertiary alicyclic amines) is 1. The molecule has 2 bridgehead atoms. The van der Waals surface area contributed by atoms with Crippen molar-refractivity contribution in [1.82, 2.24) is 10.2 Å². The summed E-state index contributed by atoms with van der Waals surface area (Å²) in [6.45, 7) is 12.1. The predicted octanol–water partition coefficient (Wildman–Crippen LogP) is 8.47. The second-order valence-corrected chi connectivity index (χ2v) is 15.8. The van der Waals surface area contributed by atoms with Gasteiger partial charge in [0, 0.05) is 42.7 Å². The molecule has 0 spiro atoms. The number of amides is 1. The molecule has 2 saturated heterocycles. The van der Waals surface area contributed by atoms with Crippen LogP contribution < -0.4 is 5.32 Å². The van der Waals surface area contributed by atoms with Crippen LogP contribution in [0.4, 0.5) is 0 Å². The van der Waals surface area contributed by atoms with Gasteiger partial charge in [-0.15, -0.1) is 0 Å². The van der Waals surface area contributed by atoms with Gasteiger partial charge in [0.05, 0.1) is 18.8 Å². The lowest BCUT2D eigenvalue weighted by Crippen LogP contribution is -2.46. The summed E-state index contributed by atoms with van der Waals surface area (Å²) in [5.74, 6) is 0.0748. The minimum absolute atomic E-state index is 0.00906. The molecule has 6 atom stereocenters. The smallest absolute Gasteiger partial charge is 0.251 e. The van der Waals surface area contributed by atoms with Crippen molar-refractivity contribution in [2.24, 2.45) is 16.7 Å². The number of carbonyl (C=O) groups is 1. The topological polar surface area (TPSA) is 71.0 Å². The van der Waals surface area contributed by atoms with Crippen LogP contribution in [-0.4, -0.2) is 41.1 Å². The Morgan fingerprint density at radius 3 is 2.31 bits per heavy atom. The number of benzene rings is 4. The van der Waals surface area contributed by atoms with Gasteiger partial charge >= 0.3 is 0 Å². The molecule has 6 nitrogen and oxygen atoms in total. The lowest BCUT2D eigenvalue weighted by Gasteiger charge is -2.43. The third-order valence-corrected chi connectivity index (χ3v) is 11.0. The SMILES string of the molecule is C[C@@H]1[C@H](CN2CC3(C)CC2CC(C)(C)C3)O[C@H](c2ccc(-c3cccc(CNC(=O)c4ccccc4)c3)cc2)O[C@@H]1c1ccc(CO)cc1. The Hall–Kier alpha value is -3.81. The van der Waals surface area contributed by atoms with Crippen molar-refractivity contribution in [1.29, 1.82) is 0 Å². The summed E-state index contributed by atoms with van der Waals surface area (Å²) >= 11 is 0. The zero-order valence-corrected chi connectivity index (χ0v) is 29.3. The highest BCUT2D eigenvalue weighted by atomic mass is 16.7. The lowest BCUT2D eigenvalue weighted by molar-refractivity contribution is -0.276. The van der Waals surface area contributed by atoms with E-state index in [4.69, 9.17) is 9.47 Å². The highest BCUT2D eigenvalue weighted by Crippen LogP contribution is 2.53. The van der Waals surface area contributed by atoms with Crippen molar-refractivity contribution in [3.05, 3.63) is 131 Å². The van der Waals surface area contributed by atoms with Crippen LogP contribution in [0.1, 0.15) is 92.0 Å². The van der Waals surface area contributed by atoms with Crippen molar-refractivity contribution in [3.63, 3.8) is 0 Å². The van der Waals surface area contributed by atoms with Crippen molar-refractivity contribution >= 4 is 5.91 Å². The minimum Gasteiger partial charge on any atom is -0.392 e. The number of aliphatic hydroxyl groups is 1. The molecule has 3 aliphatic rings. The summed E-state index contributed by atoms with van der Waals surface area (Å²) < 4.78 is 13.7. The van der Waals surface area contributed by atoms with E-state index in [9.17, 15) is 9.90 Å². The number of nitrogens with one attached hydrogen (secondary N) is 1. The van der Waals surface area contributed by atoms with E-state index < -0.39 is 6.29 Å². The Kier molecular flexibility index (Phi) is 9.51. The van der Waals surface area contributed by atoms with Crippen LogP contribution in [0.5, 0.6) is 0 Å². The van der Waals surface area contributed by atoms with Gasteiger partial charge < -0.3 is 19.9 Å². The number of nitrogens with zero attached hydrogens (tertiary/aromatic N) is 1. The van der Waals surface area contributed by atoms with Crippen molar-refractivity contribution in [2.75, 3.05) is 13.1 Å². The number of ether oxygens (including phenoxy) is 2. The molecule has 2 unspecified atom stereocenters. The summed E-state index contributed by atoms with van der Waals surface area (Å²) in [6.07, 6.45) is 3.16. The molecule has 1 aliphatic carbocycles. The van der Waals surface area contributed by atoms with Gasteiger partial charge in [-0.2, -0.15) is 0 Å². The van der Waals surface area contributed by atoms with Crippen LogP contribution in [0, 0.1) is 16.7 Å². The van der Waals surface area contributed by atoms with Gasteiger partial charge in [-0.3, -0.25) is 9.69 Å². The molecule has 6 heteroatoms. The number of carbonyl (C=O) groups excluding carboxylic acids is 1. The normalized spacial score (nSPS) is 27.9. The van der Waals surface area contributed by atoms with Crippen LogP contribution in [0.25, 0.3) is 11.1 Å². The maximum atomic E-state index is 12.6. The Morgan fingerprint density at radius 2 is 1.57 bits per heavy atom. The highest BCUT2D eigenvalue weighted by molar-refractivity contribution is 5.94. The second kappa shape index (κ2) is 13.8. The van der Waals surface area contributed by atoms with E-state index >= 15 is 0 Å². The van der Waals surface area contributed by atoms with Gasteiger partial charge in [-0.25, -0.2) is 0 Å². The fraction of sp³-hybridized carbons (Fsp3) is 0.419. The standard InChI is InChI=1S/C43H50N2O4/c1-29-38(25-45-28-43(4)23-37(45)22-42(2,3)27-43)48-41(49-39(29)33-15-13-30(26-46)14-16-33)35-19-17-32(18-20-35)36-12-8-9-31(21-36)24-44-40(47)34-10-6-5-7-11-34/h5-21,29,37-39,41,46H,22-28H2,1-4H3,(H,44,47)/t29-,37?,38+,39+,41+,43?/m1/s1. The second-order valence-electron chi connectivity index (χ2n) is 15.8. The molecule has 49 heavy (non-hydrogen) atoms. The van der Waals surface area contributed by atoms with Gasteiger partial charge in [-0.05, 0) is 76.1 Å². The monoisotopic (exact) mass is 658 g/mol. The van der Waals surface area contributed by atoms with Crippen LogP contribution in [0.2, 0.25) is 0 Å². The minimum atomic E-state index is -0.494. The average molecular weight is 659 g/mol. The number of aliphatic hydroxyl groups excluding tert-OH is 1. The van der Waals surface area contributed by atoms with Crippen molar-refractivity contribution in [3.8, 4) is 11.1 Å². The highest BCUT2D eigenvalue weighted by Gasteiger charge is 2.51. The first-order chi connectivity index (χ1) is 23.6. The summed E-state index contributed by atoms with van der Waals surface area (Å²) in [4.78, 5) is 15.3. The maximum absolute atomic E-state index is 12.6. The first kappa shape index (κ1) is 33.7. The molecule has 7 rings (SSSR count). The van der Waals surface area contributed by atoms with Crippen LogP contribution >= 0.6 is 0 Å². The molecule has 0 radical (unpaired) electrons. The van der Waals surface area contributed by atoms with Crippen molar-refractivity contribution in [2.45, 2.75) is 84.6 Å². The molecule has 3 fully saturated rings. The molecule has 2 heterocycles. The summed E-state index contributed by atoms with van der Waals surface area (Å²) in [6, 6.07) is 34.9. The van der Waals surface area contributed by atoms with Gasteiger partial charge in [0.25, 0.3) is 5.91 Å². The van der Waals surface area contributed by atoms with Gasteiger partial charge in [-0.1, -0.05) is 113 Å². The van der Waals surface area contributed by atoms with E-state index in [0.29, 0.717) is 29.0 Å². The number of rotatable bonds is 9. The predicted molar refractivity (Wildman–Crippen MR) is 194 cm³/mol. The molecule has 256 valence electrons. The fourth-order valence-corrected chi connectivity index (χ4v) is 8.92. The quantitative estimate of drug-likeness (QED) is 0.189. The molecule has 4 aromatic carbocycles. The Balaban J connectivity index is 1.09. The average Bonchev–Trinajstić information content (AvgIpc) is 3.35. The molecular formula is C43H50N2O4. The first-order valence-corrected chi connectivity index (χ1v) is 17.9. The van der Waals surface area contributed by atoms with Gasteiger partial charge in [0.1, 0.15) is 0 Å². The number of hydrogen-bond acceptors (Lipinski definition) is 5. The number of fused-ring (bicyclic) bond motifs is 2. The third-order valence-electron chi connectivity index (χ3n) is 11.0. The van der Waals surface area contributed by atoms with E-state index in [1.807, 2.05) is 54.6 Å². The third kappa shape index (κ3) is 7.53. The molecular weight excluding hydrogens is 608 g/mol. The Bertz CT molecular complexity index is 1740. The summed E-state index contributed by atoms with van der Waals surface area (Å²) in [5, 5.41) is 12.7. The molecule has 2 aliphatic heterocycles. The zero-order chi connectivity index (χ0) is 34.2. The lowest BCUT2D eigenvalue weighted by atomic mass is 9.65. The summed E-state index contributed by atoms with van der Waals surface area (Å²) in [5.41, 5.74) is 7.62. The van der Waals surface area contributed by atoms with Gasteiger partial charge in [0.15, 0.2) is 6.29 Å². The van der Waals surface area contributed by atoms with E-state index in [-0.39, 0.29) is 30.6 Å². The molecule has 4 aromatic rings. The van der Waals surface area contributed by atoms with Crippen LogP contribution in [0.3, 0.4) is 0 Å². The largest absolute Gasteiger partial charge is 0.392 e. The number of hydrogen-bond donors (Lipinski definition) is 2. The van der Waals surface area contributed by atoms with Crippen LogP contribution in [0.15, 0.2) is 103 Å². The summed E-state index contributed by atoms with van der Waals surface area (Å²) in [7, 11) is 0. The molecule has 1 amide bonds. The maximum Gasteiger partial charge on any atom is 0.251 e. The Labute approximate surface area is 291 Å². The van der Waals surface area contributed by atoms with E-state index in [1.54, 1.807) is 0 Å². The van der Waals surface area contributed by atoms with E-state index in [0.717, 1.165) is 46.5 Å². The molecule has 1 saturated carbocycles. The zero-order valence-electron chi connectivity index (χ0n) is 29.3. The molecule has 0 aromatic heterocycles. The van der Waals surface area contributed by atoms with E-state index in [2.05, 4.69) is 86.4 Å². The fourth-order valence-electron chi connectivity index (χ4n) is 8.92. The molecule has 2 N–H and O–H groups in total. The van der Waals surface area contributed by atoms with Gasteiger partial charge in [0.2, 0.25) is 0 Å². The first-order valence-electron chi connectivity index (χ1n) is 17.9. The van der Waals surface area contributed by atoms with E-state index in [1.165, 1.54) is 19.3 Å².